The molecule has 39 heavy (non-hydrogen) atoms. The third kappa shape index (κ3) is 9.97. The number of hydrogen-bond donors (Lipinski definition) is 8. The molecule has 2 aromatic rings. The monoisotopic (exact) mass is 541 g/mol. The molecule has 0 aromatic heterocycles. The molecular weight excluding hydrogens is 506 g/mol. The quantitative estimate of drug-likeness (QED) is 0.0940. The van der Waals surface area contributed by atoms with E-state index in [-0.39, 0.29) is 11.5 Å². The lowest BCUT2D eigenvalue weighted by atomic mass is 10.0. The molecule has 13 nitrogen and oxygen atoms in total. The van der Waals surface area contributed by atoms with Gasteiger partial charge in [-0.25, -0.2) is 4.79 Å². The molecule has 210 valence electrons. The van der Waals surface area contributed by atoms with Gasteiger partial charge in [0, 0.05) is 23.4 Å². The van der Waals surface area contributed by atoms with Gasteiger partial charge in [0.2, 0.25) is 5.91 Å². The molecule has 2 aromatic carbocycles. The molecule has 0 spiro atoms. The molecule has 0 aliphatic carbocycles. The average Bonchev–Trinajstić information content (AvgIpc) is 2.86. The highest BCUT2D eigenvalue weighted by molar-refractivity contribution is 6.00. The summed E-state index contributed by atoms with van der Waals surface area (Å²) in [6.07, 6.45) is 0.818. The molecule has 0 heterocycles. The molecule has 0 radical (unpaired) electrons. The largest absolute Gasteiger partial charge is 0.494 e. The molecule has 2 rings (SSSR count). The zero-order valence-electron chi connectivity index (χ0n) is 22.1. The lowest BCUT2D eigenvalue weighted by Crippen LogP contribution is -2.50. The minimum absolute atomic E-state index is 0.227. The maximum absolute atomic E-state index is 12.9. The van der Waals surface area contributed by atoms with E-state index in [4.69, 9.17) is 15.9 Å². The molecule has 0 fully saturated rings. The highest BCUT2D eigenvalue weighted by Gasteiger charge is 2.24. The van der Waals surface area contributed by atoms with Gasteiger partial charge >= 0.3 is 5.97 Å². The van der Waals surface area contributed by atoms with E-state index >= 15 is 0 Å². The summed E-state index contributed by atoms with van der Waals surface area (Å²) >= 11 is 0. The molecule has 0 saturated carbocycles. The second-order valence-electron chi connectivity index (χ2n) is 8.71. The van der Waals surface area contributed by atoms with Gasteiger partial charge in [-0.15, -0.1) is 0 Å². The number of nitrogens with one attached hydrogen (secondary N) is 6. The van der Waals surface area contributed by atoms with Crippen molar-refractivity contribution in [2.24, 2.45) is 5.73 Å². The Balaban J connectivity index is 1.92. The Morgan fingerprint density at radius 3 is 2.36 bits per heavy atom. The van der Waals surface area contributed by atoms with E-state index in [2.05, 4.69) is 26.6 Å². The highest BCUT2D eigenvalue weighted by atomic mass is 16.5. The normalized spacial score (nSPS) is 11.2. The van der Waals surface area contributed by atoms with Gasteiger partial charge in [-0.3, -0.25) is 19.8 Å². The Labute approximate surface area is 226 Å². The number of anilines is 1. The number of carboxylic acids is 1. The average molecular weight is 542 g/mol. The van der Waals surface area contributed by atoms with Gasteiger partial charge in [0.05, 0.1) is 13.2 Å². The van der Waals surface area contributed by atoms with Crippen molar-refractivity contribution in [1.82, 2.24) is 21.3 Å². The second-order valence-corrected chi connectivity index (χ2v) is 8.71. The minimum atomic E-state index is -1.40. The van der Waals surface area contributed by atoms with Crippen LogP contribution < -0.4 is 37.1 Å². The lowest BCUT2D eigenvalue weighted by Gasteiger charge is -2.18. The fourth-order valence-corrected chi connectivity index (χ4v) is 3.67. The lowest BCUT2D eigenvalue weighted by molar-refractivity contribution is -0.139. The molecule has 0 saturated heterocycles. The molecule has 0 bridgehead atoms. The zero-order chi connectivity index (χ0) is 28.9. The van der Waals surface area contributed by atoms with Gasteiger partial charge in [-0.2, -0.15) is 0 Å². The summed E-state index contributed by atoms with van der Waals surface area (Å²) in [6, 6.07) is 8.19. The fourth-order valence-electron chi connectivity index (χ4n) is 3.67. The number of rotatable bonds is 14. The number of nitrogens with two attached hydrogens (primary N) is 1. The van der Waals surface area contributed by atoms with Gasteiger partial charge < -0.3 is 42.2 Å². The SMILES string of the molecule is CNCCCOc1cc(C)c(C(=O)NC(CNC(=O)CNC(=O)c2cccc(NC(=N)N)c2)C(=O)O)c(C)c1. The first-order valence-corrected chi connectivity index (χ1v) is 12.2. The number of guanidine groups is 1. The summed E-state index contributed by atoms with van der Waals surface area (Å²) in [5.74, 6) is -2.81. The number of carbonyl (C=O) groups is 4. The van der Waals surface area contributed by atoms with Crippen LogP contribution in [0.25, 0.3) is 0 Å². The number of carboxylic acid groups (broad SMARTS) is 1. The van der Waals surface area contributed by atoms with Gasteiger partial charge in [-0.05, 0) is 75.3 Å². The smallest absolute Gasteiger partial charge is 0.328 e. The van der Waals surface area contributed by atoms with Crippen LogP contribution in [-0.4, -0.2) is 74.1 Å². The summed E-state index contributed by atoms with van der Waals surface area (Å²) in [5, 5.41) is 29.7. The third-order valence-corrected chi connectivity index (χ3v) is 5.49. The topological polar surface area (TPSA) is 208 Å². The van der Waals surface area contributed by atoms with Crippen molar-refractivity contribution in [2.45, 2.75) is 26.3 Å². The molecule has 1 atom stereocenters. The van der Waals surface area contributed by atoms with Crippen LogP contribution in [0.3, 0.4) is 0 Å². The van der Waals surface area contributed by atoms with Crippen molar-refractivity contribution >= 4 is 35.3 Å². The standard InChI is InChI=1S/C26H35N7O6/c1-15-10-19(39-9-5-8-29-3)11-16(2)22(15)24(36)33-20(25(37)38)13-30-21(34)14-31-23(35)17-6-4-7-18(12-17)32-26(27)28/h4,6-7,10-12,20,29H,5,8-9,13-14H2,1-3H3,(H,30,34)(H,31,35)(H,33,36)(H,37,38)(H4,27,28,32). The predicted octanol–water partition coefficient (Wildman–Crippen LogP) is 0.326. The van der Waals surface area contributed by atoms with Crippen LogP contribution in [0.2, 0.25) is 0 Å². The van der Waals surface area contributed by atoms with Crippen molar-refractivity contribution < 1.29 is 29.0 Å². The second kappa shape index (κ2) is 14.9. The van der Waals surface area contributed by atoms with E-state index < -0.39 is 42.8 Å². The van der Waals surface area contributed by atoms with E-state index in [0.717, 1.165) is 13.0 Å². The summed E-state index contributed by atoms with van der Waals surface area (Å²) in [7, 11) is 1.85. The van der Waals surface area contributed by atoms with Crippen LogP contribution in [0.1, 0.15) is 38.3 Å². The van der Waals surface area contributed by atoms with Gasteiger partial charge in [-0.1, -0.05) is 6.07 Å². The molecule has 3 amide bonds. The summed E-state index contributed by atoms with van der Waals surface area (Å²) in [5.41, 5.74) is 7.50. The fraction of sp³-hybridized carbons (Fsp3) is 0.346. The zero-order valence-corrected chi connectivity index (χ0v) is 22.1. The van der Waals surface area contributed by atoms with E-state index in [1.807, 2.05) is 7.05 Å². The number of hydrogen-bond acceptors (Lipinski definition) is 7. The first-order chi connectivity index (χ1) is 18.5. The first-order valence-electron chi connectivity index (χ1n) is 12.2. The van der Waals surface area contributed by atoms with Crippen molar-refractivity contribution in [1.29, 1.82) is 5.41 Å². The van der Waals surface area contributed by atoms with Gasteiger partial charge in [0.1, 0.15) is 11.8 Å². The van der Waals surface area contributed by atoms with Crippen molar-refractivity contribution in [3.05, 3.63) is 58.7 Å². The summed E-state index contributed by atoms with van der Waals surface area (Å²) < 4.78 is 5.72. The summed E-state index contributed by atoms with van der Waals surface area (Å²) in [6.45, 7) is 3.97. The van der Waals surface area contributed by atoms with Crippen LogP contribution in [0.15, 0.2) is 36.4 Å². The number of ether oxygens (including phenoxy) is 1. The molecule has 0 aliphatic heterocycles. The number of benzene rings is 2. The maximum atomic E-state index is 12.9. The molecular formula is C26H35N7O6. The predicted molar refractivity (Wildman–Crippen MR) is 146 cm³/mol. The van der Waals surface area contributed by atoms with E-state index in [1.165, 1.54) is 12.1 Å². The van der Waals surface area contributed by atoms with Crippen LogP contribution in [-0.2, 0) is 9.59 Å². The van der Waals surface area contributed by atoms with Crippen LogP contribution in [0, 0.1) is 19.3 Å². The van der Waals surface area contributed by atoms with E-state index in [0.29, 0.717) is 34.7 Å². The highest BCUT2D eigenvalue weighted by Crippen LogP contribution is 2.22. The number of amides is 3. The molecule has 0 aliphatic rings. The van der Waals surface area contributed by atoms with Crippen molar-refractivity contribution in [3.63, 3.8) is 0 Å². The van der Waals surface area contributed by atoms with Crippen molar-refractivity contribution in [3.8, 4) is 5.75 Å². The summed E-state index contributed by atoms with van der Waals surface area (Å²) in [4.78, 5) is 49.2. The number of carbonyl (C=O) groups excluding carboxylic acids is 3. The third-order valence-electron chi connectivity index (χ3n) is 5.49. The molecule has 13 heteroatoms. The number of aryl methyl sites for hydroxylation is 2. The van der Waals surface area contributed by atoms with E-state index in [1.54, 1.807) is 38.1 Å². The first kappa shape index (κ1) is 30.6. The molecule has 1 unspecified atom stereocenters. The van der Waals surface area contributed by atoms with Gasteiger partial charge in [0.15, 0.2) is 5.96 Å². The Bertz CT molecular complexity index is 1190. The Morgan fingerprint density at radius 1 is 1.05 bits per heavy atom. The minimum Gasteiger partial charge on any atom is -0.494 e. The maximum Gasteiger partial charge on any atom is 0.328 e. The Morgan fingerprint density at radius 2 is 1.74 bits per heavy atom. The van der Waals surface area contributed by atoms with E-state index in [9.17, 15) is 24.3 Å². The molecule has 9 N–H and O–H groups in total. The Hall–Kier alpha value is -4.65. The van der Waals surface area contributed by atoms with Crippen LogP contribution in [0.4, 0.5) is 5.69 Å². The van der Waals surface area contributed by atoms with Crippen LogP contribution in [0.5, 0.6) is 5.75 Å². The van der Waals surface area contributed by atoms with Gasteiger partial charge in [0.25, 0.3) is 11.8 Å². The van der Waals surface area contributed by atoms with Crippen molar-refractivity contribution in [2.75, 3.05) is 38.6 Å². The van der Waals surface area contributed by atoms with Crippen LogP contribution >= 0.6 is 0 Å². The Kier molecular flexibility index (Phi) is 11.7. The number of aliphatic carboxylic acids is 1.